The summed E-state index contributed by atoms with van der Waals surface area (Å²) < 4.78 is 13.1. The smallest absolute Gasteiger partial charge is 0.175 e. The summed E-state index contributed by atoms with van der Waals surface area (Å²) in [5.74, 6) is 1.37. The lowest BCUT2D eigenvalue weighted by atomic mass is 10.1. The number of nitrogens with two attached hydrogens (primary N) is 1. The van der Waals surface area contributed by atoms with E-state index >= 15 is 0 Å². The van der Waals surface area contributed by atoms with E-state index in [0.717, 1.165) is 26.5 Å². The second kappa shape index (κ2) is 7.77. The molecule has 2 aromatic rings. The van der Waals surface area contributed by atoms with Crippen molar-refractivity contribution in [3.05, 3.63) is 50.7 Å². The van der Waals surface area contributed by atoms with Crippen molar-refractivity contribution in [2.45, 2.75) is 13.0 Å². The maximum absolute atomic E-state index is 5.87. The monoisotopic (exact) mass is 414 g/mol. The molecule has 6 heteroatoms. The lowest BCUT2D eigenvalue weighted by Crippen LogP contribution is -2.04. The molecule has 0 atom stereocenters. The molecular formula is C15H16Br2N2O2. The van der Waals surface area contributed by atoms with Gasteiger partial charge in [-0.1, -0.05) is 0 Å². The standard InChI is InChI=1S/C15H16Br2N2O2/c1-20-14-6-10(2-3-18)5-13(17)15(14)21-9-11-4-12(16)8-19-7-11/h4-8H,2-3,9,18H2,1H3. The quantitative estimate of drug-likeness (QED) is 0.781. The van der Waals surface area contributed by atoms with E-state index in [-0.39, 0.29) is 0 Å². The molecule has 0 fully saturated rings. The highest BCUT2D eigenvalue weighted by Crippen LogP contribution is 2.37. The van der Waals surface area contributed by atoms with Crippen molar-refractivity contribution in [2.24, 2.45) is 5.73 Å². The molecule has 0 aliphatic rings. The molecule has 0 saturated carbocycles. The largest absolute Gasteiger partial charge is 0.493 e. The Morgan fingerprint density at radius 3 is 2.62 bits per heavy atom. The van der Waals surface area contributed by atoms with E-state index < -0.39 is 0 Å². The van der Waals surface area contributed by atoms with Gasteiger partial charge < -0.3 is 15.2 Å². The van der Waals surface area contributed by atoms with E-state index in [4.69, 9.17) is 15.2 Å². The molecule has 0 radical (unpaired) electrons. The Kier molecular flexibility index (Phi) is 6.02. The highest BCUT2D eigenvalue weighted by Gasteiger charge is 2.12. The van der Waals surface area contributed by atoms with Crippen LogP contribution < -0.4 is 15.2 Å². The molecule has 0 unspecified atom stereocenters. The number of ether oxygens (including phenoxy) is 2. The summed E-state index contributed by atoms with van der Waals surface area (Å²) in [4.78, 5) is 4.12. The number of methoxy groups -OCH3 is 1. The van der Waals surface area contributed by atoms with Crippen molar-refractivity contribution in [1.29, 1.82) is 0 Å². The zero-order valence-electron chi connectivity index (χ0n) is 11.6. The van der Waals surface area contributed by atoms with Crippen LogP contribution in [0.25, 0.3) is 0 Å². The zero-order valence-corrected chi connectivity index (χ0v) is 14.8. The van der Waals surface area contributed by atoms with Gasteiger partial charge in [-0.2, -0.15) is 0 Å². The molecule has 2 rings (SSSR count). The molecule has 0 amide bonds. The van der Waals surface area contributed by atoms with Crippen molar-refractivity contribution >= 4 is 31.9 Å². The minimum absolute atomic E-state index is 0.414. The average molecular weight is 416 g/mol. The predicted molar refractivity (Wildman–Crippen MR) is 89.7 cm³/mol. The average Bonchev–Trinajstić information content (AvgIpc) is 2.46. The fraction of sp³-hybridized carbons (Fsp3) is 0.267. The van der Waals surface area contributed by atoms with Crippen LogP contribution >= 0.6 is 31.9 Å². The van der Waals surface area contributed by atoms with Gasteiger partial charge in [0.2, 0.25) is 0 Å². The molecule has 0 aliphatic carbocycles. The van der Waals surface area contributed by atoms with Crippen LogP contribution in [0, 0.1) is 0 Å². The molecule has 4 nitrogen and oxygen atoms in total. The van der Waals surface area contributed by atoms with Gasteiger partial charge in [0.15, 0.2) is 11.5 Å². The number of nitrogens with zero attached hydrogens (tertiary/aromatic N) is 1. The molecule has 112 valence electrons. The summed E-state index contributed by atoms with van der Waals surface area (Å²) in [5.41, 5.74) is 7.68. The maximum atomic E-state index is 5.87. The van der Waals surface area contributed by atoms with Gasteiger partial charge in [0.05, 0.1) is 11.6 Å². The Morgan fingerprint density at radius 2 is 1.95 bits per heavy atom. The number of hydrogen-bond donors (Lipinski definition) is 1. The van der Waals surface area contributed by atoms with Gasteiger partial charge in [0, 0.05) is 22.4 Å². The number of benzene rings is 1. The van der Waals surface area contributed by atoms with Crippen LogP contribution in [-0.4, -0.2) is 18.6 Å². The molecule has 1 heterocycles. The summed E-state index contributed by atoms with van der Waals surface area (Å²) in [6.45, 7) is 1.01. The Hall–Kier alpha value is -1.11. The highest BCUT2D eigenvalue weighted by molar-refractivity contribution is 9.10. The van der Waals surface area contributed by atoms with Crippen LogP contribution in [0.15, 0.2) is 39.5 Å². The Balaban J connectivity index is 2.19. The lowest BCUT2D eigenvalue weighted by molar-refractivity contribution is 0.282. The molecule has 2 N–H and O–H groups in total. The number of rotatable bonds is 6. The van der Waals surface area contributed by atoms with E-state index in [0.29, 0.717) is 24.7 Å². The number of hydrogen-bond acceptors (Lipinski definition) is 4. The minimum atomic E-state index is 0.414. The van der Waals surface area contributed by atoms with Gasteiger partial charge in [-0.25, -0.2) is 0 Å². The summed E-state index contributed by atoms with van der Waals surface area (Å²) in [7, 11) is 1.63. The van der Waals surface area contributed by atoms with E-state index in [2.05, 4.69) is 36.8 Å². The molecule has 0 bridgehead atoms. The Bertz CT molecular complexity index is 621. The van der Waals surface area contributed by atoms with E-state index in [1.54, 1.807) is 19.5 Å². The van der Waals surface area contributed by atoms with Crippen LogP contribution in [0.4, 0.5) is 0 Å². The third kappa shape index (κ3) is 4.43. The second-order valence-corrected chi connectivity index (χ2v) is 6.22. The molecule has 21 heavy (non-hydrogen) atoms. The first-order chi connectivity index (χ1) is 10.1. The van der Waals surface area contributed by atoms with Crippen LogP contribution in [0.5, 0.6) is 11.5 Å². The molecule has 1 aromatic heterocycles. The maximum Gasteiger partial charge on any atom is 0.175 e. The van der Waals surface area contributed by atoms with E-state index in [9.17, 15) is 0 Å². The third-order valence-electron chi connectivity index (χ3n) is 2.87. The SMILES string of the molecule is COc1cc(CCN)cc(Br)c1OCc1cncc(Br)c1. The second-order valence-electron chi connectivity index (χ2n) is 4.45. The fourth-order valence-electron chi connectivity index (χ4n) is 1.91. The fourth-order valence-corrected chi connectivity index (χ4v) is 2.93. The summed E-state index contributed by atoms with van der Waals surface area (Å²) in [6.07, 6.45) is 4.31. The minimum Gasteiger partial charge on any atom is -0.493 e. The van der Waals surface area contributed by atoms with Crippen molar-refractivity contribution in [1.82, 2.24) is 4.98 Å². The molecule has 1 aromatic carbocycles. The topological polar surface area (TPSA) is 57.4 Å². The number of halogens is 2. The molecular weight excluding hydrogens is 400 g/mol. The van der Waals surface area contributed by atoms with Gasteiger partial charge in [0.1, 0.15) is 6.61 Å². The van der Waals surface area contributed by atoms with Gasteiger partial charge in [-0.05, 0) is 68.6 Å². The van der Waals surface area contributed by atoms with Crippen molar-refractivity contribution < 1.29 is 9.47 Å². The van der Waals surface area contributed by atoms with Crippen LogP contribution in [0.2, 0.25) is 0 Å². The van der Waals surface area contributed by atoms with Crippen LogP contribution in [0.3, 0.4) is 0 Å². The number of aromatic nitrogens is 1. The van der Waals surface area contributed by atoms with Gasteiger partial charge in [-0.3, -0.25) is 4.98 Å². The number of pyridine rings is 1. The summed E-state index contributed by atoms with van der Waals surface area (Å²) >= 11 is 6.92. The first-order valence-electron chi connectivity index (χ1n) is 6.42. The van der Waals surface area contributed by atoms with E-state index in [1.165, 1.54) is 0 Å². The van der Waals surface area contributed by atoms with Crippen LogP contribution in [0.1, 0.15) is 11.1 Å². The normalized spacial score (nSPS) is 10.5. The molecule has 0 spiro atoms. The van der Waals surface area contributed by atoms with Crippen molar-refractivity contribution in [3.63, 3.8) is 0 Å². The van der Waals surface area contributed by atoms with Crippen LogP contribution in [-0.2, 0) is 13.0 Å². The first kappa shape index (κ1) is 16.3. The van der Waals surface area contributed by atoms with Crippen molar-refractivity contribution in [3.8, 4) is 11.5 Å². The summed E-state index contributed by atoms with van der Waals surface area (Å²) in [5, 5.41) is 0. The van der Waals surface area contributed by atoms with Gasteiger partial charge in [-0.15, -0.1) is 0 Å². The van der Waals surface area contributed by atoms with Gasteiger partial charge >= 0.3 is 0 Å². The zero-order chi connectivity index (χ0) is 15.2. The molecule has 0 saturated heterocycles. The van der Waals surface area contributed by atoms with Gasteiger partial charge in [0.25, 0.3) is 0 Å². The first-order valence-corrected chi connectivity index (χ1v) is 8.01. The third-order valence-corrected chi connectivity index (χ3v) is 3.89. The summed E-state index contributed by atoms with van der Waals surface area (Å²) in [6, 6.07) is 5.92. The predicted octanol–water partition coefficient (Wildman–Crippen LogP) is 3.70. The Labute approximate surface area is 140 Å². The highest BCUT2D eigenvalue weighted by atomic mass is 79.9. The Morgan fingerprint density at radius 1 is 1.14 bits per heavy atom. The van der Waals surface area contributed by atoms with E-state index in [1.807, 2.05) is 18.2 Å². The lowest BCUT2D eigenvalue weighted by Gasteiger charge is -2.14. The molecule has 0 aliphatic heterocycles. The van der Waals surface area contributed by atoms with Crippen molar-refractivity contribution in [2.75, 3.05) is 13.7 Å².